The molecular formula is C19H14Br2N2O4. The van der Waals surface area contributed by atoms with Gasteiger partial charge in [-0.3, -0.25) is 9.59 Å². The summed E-state index contributed by atoms with van der Waals surface area (Å²) >= 11 is 6.52. The number of hydrogen-bond acceptors (Lipinski definition) is 4. The maximum Gasteiger partial charge on any atom is 0.291 e. The number of anilines is 2. The fourth-order valence-electron chi connectivity index (χ4n) is 2.34. The minimum absolute atomic E-state index is 0.163. The molecule has 8 heteroatoms. The molecule has 3 aromatic rings. The fraction of sp³-hybridized carbons (Fsp3) is 0.0526. The summed E-state index contributed by atoms with van der Waals surface area (Å²) in [6.07, 6.45) is 0. The molecule has 2 N–H and O–H groups in total. The lowest BCUT2D eigenvalue weighted by Crippen LogP contribution is -2.14. The number of methoxy groups -OCH3 is 1. The number of nitrogens with one attached hydrogen (secondary N) is 2. The number of furan rings is 1. The largest absolute Gasteiger partial charge is 0.495 e. The molecular weight excluding hydrogens is 480 g/mol. The molecule has 6 nitrogen and oxygen atoms in total. The molecule has 1 heterocycles. The van der Waals surface area contributed by atoms with Gasteiger partial charge < -0.3 is 19.8 Å². The maximum atomic E-state index is 12.6. The third kappa shape index (κ3) is 4.78. The van der Waals surface area contributed by atoms with E-state index >= 15 is 0 Å². The lowest BCUT2D eigenvalue weighted by molar-refractivity contribution is 0.0992. The number of hydrogen-bond donors (Lipinski definition) is 2. The summed E-state index contributed by atoms with van der Waals surface area (Å²) in [5.74, 6) is -0.0369. The van der Waals surface area contributed by atoms with Gasteiger partial charge >= 0.3 is 0 Å². The van der Waals surface area contributed by atoms with Gasteiger partial charge in [0.25, 0.3) is 11.8 Å². The second-order valence-corrected chi connectivity index (χ2v) is 7.13. The first-order valence-electron chi connectivity index (χ1n) is 7.78. The van der Waals surface area contributed by atoms with Crippen LogP contribution in [0.5, 0.6) is 5.75 Å². The molecule has 2 aromatic carbocycles. The molecule has 27 heavy (non-hydrogen) atoms. The third-order valence-electron chi connectivity index (χ3n) is 3.59. The standard InChI is InChI=1S/C19H14Br2N2O4/c1-26-15-6-5-12(20)10-14(15)23-18(24)11-3-2-4-13(9-11)22-19(25)16-7-8-17(21)27-16/h2-10H,1H3,(H,22,25)(H,23,24). The summed E-state index contributed by atoms with van der Waals surface area (Å²) < 4.78 is 11.7. The van der Waals surface area contributed by atoms with E-state index in [-0.39, 0.29) is 11.7 Å². The zero-order chi connectivity index (χ0) is 19.4. The van der Waals surface area contributed by atoms with Crippen LogP contribution < -0.4 is 15.4 Å². The SMILES string of the molecule is COc1ccc(Br)cc1NC(=O)c1cccc(NC(=O)c2ccc(Br)o2)c1. The highest BCUT2D eigenvalue weighted by atomic mass is 79.9. The van der Waals surface area contributed by atoms with Crippen molar-refractivity contribution >= 4 is 55.0 Å². The fourth-order valence-corrected chi connectivity index (χ4v) is 3.01. The van der Waals surface area contributed by atoms with Gasteiger partial charge in [0, 0.05) is 15.7 Å². The van der Waals surface area contributed by atoms with Gasteiger partial charge in [-0.2, -0.15) is 0 Å². The van der Waals surface area contributed by atoms with Crippen molar-refractivity contribution in [1.82, 2.24) is 0 Å². The van der Waals surface area contributed by atoms with Gasteiger partial charge in [0.15, 0.2) is 10.4 Å². The molecule has 0 saturated heterocycles. The molecule has 0 radical (unpaired) electrons. The lowest BCUT2D eigenvalue weighted by Gasteiger charge is -2.11. The molecule has 0 fully saturated rings. The molecule has 0 aliphatic carbocycles. The average Bonchev–Trinajstić information content (AvgIpc) is 3.09. The van der Waals surface area contributed by atoms with Crippen LogP contribution in [-0.4, -0.2) is 18.9 Å². The van der Waals surface area contributed by atoms with Gasteiger partial charge in [-0.1, -0.05) is 22.0 Å². The summed E-state index contributed by atoms with van der Waals surface area (Å²) in [6, 6.07) is 15.1. The predicted molar refractivity (Wildman–Crippen MR) is 109 cm³/mol. The zero-order valence-electron chi connectivity index (χ0n) is 14.1. The van der Waals surface area contributed by atoms with Crippen LogP contribution in [0.1, 0.15) is 20.9 Å². The molecule has 2 amide bonds. The monoisotopic (exact) mass is 492 g/mol. The molecule has 0 aliphatic heterocycles. The van der Waals surface area contributed by atoms with Crippen molar-refractivity contribution in [2.45, 2.75) is 0 Å². The Bertz CT molecular complexity index is 1000. The number of halogens is 2. The van der Waals surface area contributed by atoms with Crippen molar-refractivity contribution in [2.75, 3.05) is 17.7 Å². The van der Waals surface area contributed by atoms with Gasteiger partial charge in [0.2, 0.25) is 0 Å². The molecule has 1 aromatic heterocycles. The van der Waals surface area contributed by atoms with E-state index in [2.05, 4.69) is 42.5 Å². The molecule has 0 bridgehead atoms. The quantitative estimate of drug-likeness (QED) is 0.504. The molecule has 0 unspecified atom stereocenters. The average molecular weight is 494 g/mol. The van der Waals surface area contributed by atoms with Crippen LogP contribution in [-0.2, 0) is 0 Å². The zero-order valence-corrected chi connectivity index (χ0v) is 17.3. The summed E-state index contributed by atoms with van der Waals surface area (Å²) in [4.78, 5) is 24.8. The highest BCUT2D eigenvalue weighted by molar-refractivity contribution is 9.10. The number of amides is 2. The van der Waals surface area contributed by atoms with Crippen LogP contribution in [0.4, 0.5) is 11.4 Å². The van der Waals surface area contributed by atoms with Gasteiger partial charge in [-0.05, 0) is 64.5 Å². The first kappa shape index (κ1) is 19.2. The normalized spacial score (nSPS) is 10.3. The van der Waals surface area contributed by atoms with E-state index in [1.807, 2.05) is 6.07 Å². The van der Waals surface area contributed by atoms with Crippen molar-refractivity contribution in [3.63, 3.8) is 0 Å². The Morgan fingerprint density at radius 3 is 2.48 bits per heavy atom. The van der Waals surface area contributed by atoms with E-state index in [1.54, 1.807) is 48.5 Å². The molecule has 0 aliphatic rings. The first-order chi connectivity index (χ1) is 13.0. The Morgan fingerprint density at radius 1 is 0.963 bits per heavy atom. The molecule has 138 valence electrons. The van der Waals surface area contributed by atoms with Crippen LogP contribution in [0.3, 0.4) is 0 Å². The van der Waals surface area contributed by atoms with Crippen LogP contribution in [0, 0.1) is 0 Å². The molecule has 0 atom stereocenters. The first-order valence-corrected chi connectivity index (χ1v) is 9.36. The number of benzene rings is 2. The topological polar surface area (TPSA) is 80.6 Å². The van der Waals surface area contributed by atoms with E-state index in [1.165, 1.54) is 7.11 Å². The van der Waals surface area contributed by atoms with Crippen molar-refractivity contribution < 1.29 is 18.7 Å². The second-order valence-electron chi connectivity index (χ2n) is 5.44. The highest BCUT2D eigenvalue weighted by Gasteiger charge is 2.14. The van der Waals surface area contributed by atoms with E-state index in [4.69, 9.17) is 9.15 Å². The number of ether oxygens (including phenoxy) is 1. The van der Waals surface area contributed by atoms with Crippen molar-refractivity contribution in [3.05, 3.63) is 75.1 Å². The highest BCUT2D eigenvalue weighted by Crippen LogP contribution is 2.28. The third-order valence-corrected chi connectivity index (χ3v) is 4.51. The molecule has 0 spiro atoms. The van der Waals surface area contributed by atoms with Crippen LogP contribution >= 0.6 is 31.9 Å². The summed E-state index contributed by atoms with van der Waals surface area (Å²) in [5.41, 5.74) is 1.39. The Labute approximate surface area is 172 Å². The second kappa shape index (κ2) is 8.41. The molecule has 3 rings (SSSR count). The van der Waals surface area contributed by atoms with E-state index in [9.17, 15) is 9.59 Å². The predicted octanol–water partition coefficient (Wildman–Crippen LogP) is 5.32. The van der Waals surface area contributed by atoms with Gasteiger partial charge in [0.05, 0.1) is 12.8 Å². The Hall–Kier alpha value is -2.58. The van der Waals surface area contributed by atoms with E-state index in [0.29, 0.717) is 27.4 Å². The van der Waals surface area contributed by atoms with Crippen LogP contribution in [0.2, 0.25) is 0 Å². The van der Waals surface area contributed by atoms with Gasteiger partial charge in [0.1, 0.15) is 5.75 Å². The van der Waals surface area contributed by atoms with E-state index < -0.39 is 5.91 Å². The van der Waals surface area contributed by atoms with Crippen LogP contribution in [0.15, 0.2) is 68.2 Å². The molecule has 0 saturated carbocycles. The number of rotatable bonds is 5. The Balaban J connectivity index is 1.76. The van der Waals surface area contributed by atoms with Crippen molar-refractivity contribution in [1.29, 1.82) is 0 Å². The van der Waals surface area contributed by atoms with Crippen LogP contribution in [0.25, 0.3) is 0 Å². The van der Waals surface area contributed by atoms with Gasteiger partial charge in [-0.15, -0.1) is 0 Å². The summed E-state index contributed by atoms with van der Waals surface area (Å²) in [7, 11) is 1.53. The van der Waals surface area contributed by atoms with Crippen molar-refractivity contribution in [3.8, 4) is 5.75 Å². The maximum absolute atomic E-state index is 12.6. The number of carbonyl (C=O) groups is 2. The summed E-state index contributed by atoms with van der Waals surface area (Å²) in [6.45, 7) is 0. The van der Waals surface area contributed by atoms with E-state index in [0.717, 1.165) is 4.47 Å². The number of carbonyl (C=O) groups excluding carboxylic acids is 2. The summed E-state index contributed by atoms with van der Waals surface area (Å²) in [5, 5.41) is 5.50. The minimum Gasteiger partial charge on any atom is -0.495 e. The smallest absolute Gasteiger partial charge is 0.291 e. The lowest BCUT2D eigenvalue weighted by atomic mass is 10.1. The van der Waals surface area contributed by atoms with Gasteiger partial charge in [-0.25, -0.2) is 0 Å². The Morgan fingerprint density at radius 2 is 1.78 bits per heavy atom. The minimum atomic E-state index is -0.410. The van der Waals surface area contributed by atoms with Crippen molar-refractivity contribution in [2.24, 2.45) is 0 Å². The Kier molecular flexibility index (Phi) is 5.98.